The highest BCUT2D eigenvalue weighted by molar-refractivity contribution is 5.85. The van der Waals surface area contributed by atoms with Crippen LogP contribution in [0.4, 0.5) is 0 Å². The predicted molar refractivity (Wildman–Crippen MR) is 139 cm³/mol. The van der Waals surface area contributed by atoms with Crippen LogP contribution in [0, 0.1) is 5.92 Å². The highest BCUT2D eigenvalue weighted by Crippen LogP contribution is 2.26. The van der Waals surface area contributed by atoms with Gasteiger partial charge >= 0.3 is 0 Å². The van der Waals surface area contributed by atoms with Crippen LogP contribution in [0.1, 0.15) is 42.0 Å². The van der Waals surface area contributed by atoms with E-state index in [1.807, 2.05) is 36.4 Å². The Bertz CT molecular complexity index is 1170. The third-order valence-corrected chi connectivity index (χ3v) is 7.03. The number of nitrogens with zero attached hydrogens (tertiary/aromatic N) is 1. The lowest BCUT2D eigenvalue weighted by Gasteiger charge is -2.32. The van der Waals surface area contributed by atoms with Gasteiger partial charge < -0.3 is 5.32 Å². The first kappa shape index (κ1) is 22.4. The minimum absolute atomic E-state index is 0.110. The molecule has 1 aliphatic heterocycles. The maximum Gasteiger partial charge on any atom is 0.221 e. The largest absolute Gasteiger partial charge is 0.345 e. The molecule has 0 unspecified atom stereocenters. The van der Waals surface area contributed by atoms with Crippen LogP contribution in [0.2, 0.25) is 0 Å². The Morgan fingerprint density at radius 1 is 0.765 bits per heavy atom. The molecule has 34 heavy (non-hydrogen) atoms. The van der Waals surface area contributed by atoms with E-state index in [1.54, 1.807) is 0 Å². The molecular formula is C31H32N2O. The van der Waals surface area contributed by atoms with Crippen molar-refractivity contribution in [3.8, 4) is 0 Å². The number of amides is 1. The fraction of sp³-hybridized carbons (Fsp3) is 0.258. The molecule has 1 heterocycles. The van der Waals surface area contributed by atoms with Crippen LogP contribution in [0.3, 0.4) is 0 Å². The van der Waals surface area contributed by atoms with Crippen LogP contribution >= 0.6 is 0 Å². The monoisotopic (exact) mass is 448 g/mol. The molecule has 4 aromatic rings. The Balaban J connectivity index is 1.18. The van der Waals surface area contributed by atoms with Gasteiger partial charge in [0.2, 0.25) is 5.91 Å². The van der Waals surface area contributed by atoms with Gasteiger partial charge in [0.1, 0.15) is 0 Å². The van der Waals surface area contributed by atoms with Crippen molar-refractivity contribution >= 4 is 16.7 Å². The zero-order valence-corrected chi connectivity index (χ0v) is 19.6. The quantitative estimate of drug-likeness (QED) is 0.357. The first-order valence-electron chi connectivity index (χ1n) is 12.3. The van der Waals surface area contributed by atoms with Gasteiger partial charge in [0.05, 0.1) is 6.04 Å². The number of hydrogen-bond donors (Lipinski definition) is 1. The molecule has 0 saturated carbocycles. The van der Waals surface area contributed by atoms with Crippen molar-refractivity contribution in [1.82, 2.24) is 10.2 Å². The molecule has 1 aliphatic rings. The molecule has 3 heteroatoms. The van der Waals surface area contributed by atoms with E-state index in [-0.39, 0.29) is 11.9 Å². The maximum atomic E-state index is 13.1. The Hall–Kier alpha value is -3.43. The minimum Gasteiger partial charge on any atom is -0.345 e. The van der Waals surface area contributed by atoms with Crippen molar-refractivity contribution in [2.75, 3.05) is 13.1 Å². The molecule has 0 radical (unpaired) electrons. The van der Waals surface area contributed by atoms with Crippen LogP contribution in [0.5, 0.6) is 0 Å². The van der Waals surface area contributed by atoms with Crippen molar-refractivity contribution in [3.05, 3.63) is 120 Å². The predicted octanol–water partition coefficient (Wildman–Crippen LogP) is 6.35. The van der Waals surface area contributed by atoms with Crippen LogP contribution < -0.4 is 5.32 Å². The Labute approximate surface area is 202 Å². The first-order valence-corrected chi connectivity index (χ1v) is 12.3. The molecule has 0 bridgehead atoms. The van der Waals surface area contributed by atoms with Crippen molar-refractivity contribution in [2.24, 2.45) is 5.92 Å². The molecule has 0 aromatic heterocycles. The number of benzene rings is 4. The number of nitrogens with one attached hydrogen (secondary N) is 1. The summed E-state index contributed by atoms with van der Waals surface area (Å²) in [6.07, 6.45) is 2.73. The Morgan fingerprint density at radius 2 is 1.35 bits per heavy atom. The number of carbonyl (C=O) groups excluding carboxylic acids is 1. The van der Waals surface area contributed by atoms with Gasteiger partial charge in [0.15, 0.2) is 0 Å². The summed E-state index contributed by atoms with van der Waals surface area (Å²) < 4.78 is 0. The maximum absolute atomic E-state index is 13.1. The third-order valence-electron chi connectivity index (χ3n) is 7.03. The average Bonchev–Trinajstić information content (AvgIpc) is 2.90. The molecule has 5 rings (SSSR count). The van der Waals surface area contributed by atoms with Crippen molar-refractivity contribution in [3.63, 3.8) is 0 Å². The number of piperidine rings is 1. The van der Waals surface area contributed by atoms with E-state index in [9.17, 15) is 4.79 Å². The smallest absolute Gasteiger partial charge is 0.221 e. The van der Waals surface area contributed by atoms with Gasteiger partial charge in [-0.05, 0) is 59.3 Å². The second kappa shape index (κ2) is 10.7. The van der Waals surface area contributed by atoms with Crippen LogP contribution in [0.25, 0.3) is 10.8 Å². The van der Waals surface area contributed by atoms with Gasteiger partial charge in [-0.25, -0.2) is 0 Å². The summed E-state index contributed by atoms with van der Waals surface area (Å²) in [7, 11) is 0. The highest BCUT2D eigenvalue weighted by atomic mass is 16.1. The lowest BCUT2D eigenvalue weighted by Crippen LogP contribution is -2.36. The van der Waals surface area contributed by atoms with E-state index in [0.29, 0.717) is 12.3 Å². The standard InChI is InChI=1S/C31H32N2O/c34-30(32-31(26-11-3-1-4-12-26)27-13-5-2-6-14-27)22-24-18-20-33(21-19-24)23-28-16-9-15-25-10-7-8-17-29(25)28/h1-17,24,31H,18-23H2,(H,32,34). The molecule has 0 atom stereocenters. The number of carbonyl (C=O) groups is 1. The summed E-state index contributed by atoms with van der Waals surface area (Å²) >= 11 is 0. The number of likely N-dealkylation sites (tertiary alicyclic amines) is 1. The molecule has 1 fully saturated rings. The number of fused-ring (bicyclic) bond motifs is 1. The lowest BCUT2D eigenvalue weighted by atomic mass is 9.92. The van der Waals surface area contributed by atoms with E-state index in [0.717, 1.165) is 43.6 Å². The fourth-order valence-electron chi connectivity index (χ4n) is 5.15. The average molecular weight is 449 g/mol. The summed E-state index contributed by atoms with van der Waals surface area (Å²) in [6.45, 7) is 3.06. The van der Waals surface area contributed by atoms with E-state index < -0.39 is 0 Å². The van der Waals surface area contributed by atoms with E-state index in [4.69, 9.17) is 0 Å². The van der Waals surface area contributed by atoms with E-state index in [2.05, 4.69) is 76.9 Å². The SMILES string of the molecule is O=C(CC1CCN(Cc2cccc3ccccc23)CC1)NC(c1ccccc1)c1ccccc1. The molecule has 1 saturated heterocycles. The molecule has 1 N–H and O–H groups in total. The van der Waals surface area contributed by atoms with E-state index in [1.165, 1.54) is 16.3 Å². The Kier molecular flexibility index (Phi) is 7.02. The Morgan fingerprint density at radius 3 is 2.03 bits per heavy atom. The second-order valence-electron chi connectivity index (χ2n) is 9.38. The van der Waals surface area contributed by atoms with Gasteiger partial charge in [-0.15, -0.1) is 0 Å². The summed E-state index contributed by atoms with van der Waals surface area (Å²) in [4.78, 5) is 15.6. The van der Waals surface area contributed by atoms with Crippen molar-refractivity contribution in [1.29, 1.82) is 0 Å². The number of rotatable bonds is 7. The van der Waals surface area contributed by atoms with Crippen LogP contribution in [0.15, 0.2) is 103 Å². The lowest BCUT2D eigenvalue weighted by molar-refractivity contribution is -0.122. The van der Waals surface area contributed by atoms with E-state index >= 15 is 0 Å². The molecule has 3 nitrogen and oxygen atoms in total. The van der Waals surface area contributed by atoms with Crippen molar-refractivity contribution in [2.45, 2.75) is 31.8 Å². The molecule has 0 aliphatic carbocycles. The molecule has 172 valence electrons. The van der Waals surface area contributed by atoms with Crippen molar-refractivity contribution < 1.29 is 4.79 Å². The summed E-state index contributed by atoms with van der Waals surface area (Å²) in [5, 5.41) is 5.97. The van der Waals surface area contributed by atoms with Crippen LogP contribution in [-0.4, -0.2) is 23.9 Å². The van der Waals surface area contributed by atoms with Gasteiger partial charge in [0, 0.05) is 13.0 Å². The minimum atomic E-state index is -0.110. The van der Waals surface area contributed by atoms with Gasteiger partial charge in [-0.1, -0.05) is 103 Å². The zero-order valence-electron chi connectivity index (χ0n) is 19.6. The number of hydrogen-bond acceptors (Lipinski definition) is 2. The fourth-order valence-corrected chi connectivity index (χ4v) is 5.15. The summed E-state index contributed by atoms with van der Waals surface area (Å²) in [5.74, 6) is 0.584. The molecular weight excluding hydrogens is 416 g/mol. The van der Waals surface area contributed by atoms with Gasteiger partial charge in [-0.2, -0.15) is 0 Å². The summed E-state index contributed by atoms with van der Waals surface area (Å²) in [6, 6.07) is 35.6. The van der Waals surface area contributed by atoms with Crippen LogP contribution in [-0.2, 0) is 11.3 Å². The first-order chi connectivity index (χ1) is 16.8. The zero-order chi connectivity index (χ0) is 23.2. The second-order valence-corrected chi connectivity index (χ2v) is 9.38. The molecule has 1 amide bonds. The van der Waals surface area contributed by atoms with Gasteiger partial charge in [0.25, 0.3) is 0 Å². The third kappa shape index (κ3) is 5.37. The normalized spacial score (nSPS) is 15.0. The topological polar surface area (TPSA) is 32.3 Å². The summed E-state index contributed by atoms with van der Waals surface area (Å²) in [5.41, 5.74) is 3.63. The highest BCUT2D eigenvalue weighted by Gasteiger charge is 2.24. The molecule has 4 aromatic carbocycles. The van der Waals surface area contributed by atoms with Gasteiger partial charge in [-0.3, -0.25) is 9.69 Å². The molecule has 0 spiro atoms.